The lowest BCUT2D eigenvalue weighted by atomic mass is 10.1. The van der Waals surface area contributed by atoms with Gasteiger partial charge in [-0.15, -0.1) is 0 Å². The van der Waals surface area contributed by atoms with E-state index in [0.29, 0.717) is 42.0 Å². The minimum Gasteiger partial charge on any atom is -0.497 e. The molecule has 3 aromatic rings. The van der Waals surface area contributed by atoms with Crippen molar-refractivity contribution >= 4 is 34.8 Å². The van der Waals surface area contributed by atoms with E-state index in [2.05, 4.69) is 10.6 Å². The molecule has 1 aromatic heterocycles. The number of fused-ring (bicyclic) bond motifs is 3. The van der Waals surface area contributed by atoms with Gasteiger partial charge in [0.1, 0.15) is 35.2 Å². The summed E-state index contributed by atoms with van der Waals surface area (Å²) in [7, 11) is 2.88. The van der Waals surface area contributed by atoms with Crippen molar-refractivity contribution in [2.45, 2.75) is 75.6 Å². The number of ether oxygens (including phenoxy) is 4. The molecule has 3 amide bonds. The maximum Gasteiger partial charge on any atom is 0.332 e. The number of esters is 2. The summed E-state index contributed by atoms with van der Waals surface area (Å²) >= 11 is 0. The van der Waals surface area contributed by atoms with Gasteiger partial charge in [-0.2, -0.15) is 0 Å². The highest BCUT2D eigenvalue weighted by molar-refractivity contribution is 5.96. The molecule has 1 saturated carbocycles. The number of methoxy groups -OCH3 is 2. The number of hydrogen-bond acceptors (Lipinski definition) is 9. The minimum absolute atomic E-state index is 0.0498. The predicted molar refractivity (Wildman–Crippen MR) is 185 cm³/mol. The molecule has 12 heteroatoms. The summed E-state index contributed by atoms with van der Waals surface area (Å²) in [5.41, 5.74) is 1.03. The second-order valence-electron chi connectivity index (χ2n) is 13.0. The number of pyridine rings is 1. The number of rotatable bonds is 7. The van der Waals surface area contributed by atoms with E-state index < -0.39 is 47.6 Å². The second kappa shape index (κ2) is 15.2. The summed E-state index contributed by atoms with van der Waals surface area (Å²) in [6.07, 6.45) is 7.55. The van der Waals surface area contributed by atoms with Gasteiger partial charge in [-0.05, 0) is 44.7 Å². The van der Waals surface area contributed by atoms with E-state index in [0.717, 1.165) is 30.2 Å². The van der Waals surface area contributed by atoms with Crippen LogP contribution in [-0.4, -0.2) is 84.9 Å². The van der Waals surface area contributed by atoms with Crippen molar-refractivity contribution < 1.29 is 38.1 Å². The summed E-state index contributed by atoms with van der Waals surface area (Å²) in [5, 5.41) is 6.53. The first-order valence-electron chi connectivity index (χ1n) is 17.3. The van der Waals surface area contributed by atoms with Crippen LogP contribution >= 0.6 is 0 Å². The molecule has 50 heavy (non-hydrogen) atoms. The normalized spacial score (nSPS) is 26.1. The Labute approximate surface area is 291 Å². The zero-order valence-electron chi connectivity index (χ0n) is 28.7. The van der Waals surface area contributed by atoms with Gasteiger partial charge in [0.25, 0.3) is 0 Å². The predicted octanol–water partition coefficient (Wildman–Crippen LogP) is 4.94. The smallest absolute Gasteiger partial charge is 0.332 e. The molecule has 1 saturated heterocycles. The molecular weight excluding hydrogens is 640 g/mol. The lowest BCUT2D eigenvalue weighted by molar-refractivity contribution is -0.149. The maximum absolute atomic E-state index is 14.1. The number of amides is 3. The molecule has 0 spiro atoms. The number of nitrogens with one attached hydrogen (secondary N) is 2. The van der Waals surface area contributed by atoms with Crippen LogP contribution in [0.3, 0.4) is 0 Å². The quantitative estimate of drug-likeness (QED) is 0.261. The summed E-state index contributed by atoms with van der Waals surface area (Å²) in [5.74, 6) is -0.587. The molecule has 1 aliphatic carbocycles. The number of benzene rings is 2. The summed E-state index contributed by atoms with van der Waals surface area (Å²) in [4.78, 5) is 60.3. The van der Waals surface area contributed by atoms with Crippen molar-refractivity contribution in [2.75, 3.05) is 27.4 Å². The number of aromatic nitrogens is 1. The topological polar surface area (TPSA) is 145 Å². The Balaban J connectivity index is 1.33. The fourth-order valence-corrected chi connectivity index (χ4v) is 6.88. The number of urea groups is 1. The Morgan fingerprint density at radius 1 is 1.04 bits per heavy atom. The Kier molecular flexibility index (Phi) is 10.5. The average molecular weight is 685 g/mol. The largest absolute Gasteiger partial charge is 0.497 e. The summed E-state index contributed by atoms with van der Waals surface area (Å²) in [6.45, 7) is 1.95. The van der Waals surface area contributed by atoms with Crippen LogP contribution < -0.4 is 20.1 Å². The van der Waals surface area contributed by atoms with Crippen LogP contribution in [0.1, 0.15) is 51.9 Å². The lowest BCUT2D eigenvalue weighted by Gasteiger charge is -2.28. The average Bonchev–Trinajstić information content (AvgIpc) is 3.66. The Morgan fingerprint density at radius 3 is 2.62 bits per heavy atom. The molecule has 264 valence electrons. The van der Waals surface area contributed by atoms with E-state index in [1.807, 2.05) is 66.7 Å². The number of nitrogens with zero attached hydrogens (tertiary/aromatic N) is 2. The second-order valence-corrected chi connectivity index (χ2v) is 13.0. The monoisotopic (exact) mass is 684 g/mol. The zero-order chi connectivity index (χ0) is 35.3. The van der Waals surface area contributed by atoms with Gasteiger partial charge in [0, 0.05) is 35.4 Å². The van der Waals surface area contributed by atoms with Gasteiger partial charge in [-0.1, -0.05) is 55.3 Å². The first kappa shape index (κ1) is 34.7. The number of carbonyl (C=O) groups is 4. The molecule has 5 unspecified atom stereocenters. The molecule has 6 rings (SSSR count). The molecular formula is C38H44N4O8. The third-order valence-electron chi connectivity index (χ3n) is 9.68. The zero-order valence-corrected chi connectivity index (χ0v) is 28.7. The molecule has 0 radical (unpaired) electrons. The van der Waals surface area contributed by atoms with Crippen LogP contribution in [0.4, 0.5) is 4.79 Å². The van der Waals surface area contributed by atoms with Crippen molar-refractivity contribution in [3.63, 3.8) is 0 Å². The van der Waals surface area contributed by atoms with Gasteiger partial charge >= 0.3 is 18.0 Å². The first-order chi connectivity index (χ1) is 24.3. The third-order valence-corrected chi connectivity index (χ3v) is 9.68. The lowest BCUT2D eigenvalue weighted by Crippen LogP contribution is -2.56. The van der Waals surface area contributed by atoms with Crippen LogP contribution in [0.5, 0.6) is 11.5 Å². The Hall–Kier alpha value is -5.13. The van der Waals surface area contributed by atoms with E-state index in [-0.39, 0.29) is 25.5 Å². The standard InChI is InChI=1S/C38H44N4O8/c1-4-49-36(45)38-22-25(38)15-11-6-5-7-12-16-29(35(44)48-3)40-37(46)42-23-27(20-32(42)34(43)41-38)50-33-21-30(24-13-9-8-10-14-24)39-31-19-26(47-2)17-18-28(31)33/h8-11,13-15,17-19,21,25,27,29,32H,4-7,12,16,20,22-23H2,1-3H3,(H,40,46)(H,41,43)/b15-11-. The van der Waals surface area contributed by atoms with Gasteiger partial charge in [-0.3, -0.25) is 4.79 Å². The van der Waals surface area contributed by atoms with Crippen LogP contribution in [0, 0.1) is 5.92 Å². The van der Waals surface area contributed by atoms with Gasteiger partial charge in [0.15, 0.2) is 0 Å². The van der Waals surface area contributed by atoms with Gasteiger partial charge in [-0.25, -0.2) is 19.4 Å². The molecule has 0 bridgehead atoms. The van der Waals surface area contributed by atoms with Gasteiger partial charge < -0.3 is 34.5 Å². The molecule has 2 fully saturated rings. The van der Waals surface area contributed by atoms with Crippen molar-refractivity contribution in [2.24, 2.45) is 5.92 Å². The first-order valence-corrected chi connectivity index (χ1v) is 17.3. The SMILES string of the molecule is CCOC(=O)C12CC1/C=C\CCCCCC(C(=O)OC)NC(=O)N1CC(Oc3cc(-c4ccccc4)nc4cc(OC)ccc34)CC1C(=O)N2. The van der Waals surface area contributed by atoms with Crippen molar-refractivity contribution in [1.29, 1.82) is 0 Å². The molecule has 5 atom stereocenters. The summed E-state index contributed by atoms with van der Waals surface area (Å²) in [6, 6.07) is 14.6. The van der Waals surface area contributed by atoms with E-state index in [4.69, 9.17) is 23.9 Å². The maximum atomic E-state index is 14.1. The highest BCUT2D eigenvalue weighted by atomic mass is 16.5. The van der Waals surface area contributed by atoms with Gasteiger partial charge in [0.2, 0.25) is 5.91 Å². The number of allylic oxidation sites excluding steroid dienone is 1. The fraction of sp³-hybridized carbons (Fsp3) is 0.447. The highest BCUT2D eigenvalue weighted by Crippen LogP contribution is 2.46. The number of hydrogen-bond donors (Lipinski definition) is 2. The van der Waals surface area contributed by atoms with E-state index in [1.165, 1.54) is 12.0 Å². The van der Waals surface area contributed by atoms with E-state index in [1.54, 1.807) is 14.0 Å². The Bertz CT molecular complexity index is 1760. The van der Waals surface area contributed by atoms with E-state index in [9.17, 15) is 19.2 Å². The summed E-state index contributed by atoms with van der Waals surface area (Å²) < 4.78 is 22.5. The fourth-order valence-electron chi connectivity index (χ4n) is 6.88. The van der Waals surface area contributed by atoms with Crippen LogP contribution in [-0.2, 0) is 23.9 Å². The highest BCUT2D eigenvalue weighted by Gasteiger charge is 2.62. The van der Waals surface area contributed by atoms with Crippen molar-refractivity contribution in [3.05, 3.63) is 66.7 Å². The third kappa shape index (κ3) is 7.39. The van der Waals surface area contributed by atoms with E-state index >= 15 is 0 Å². The molecule has 12 nitrogen and oxygen atoms in total. The van der Waals surface area contributed by atoms with Crippen molar-refractivity contribution in [1.82, 2.24) is 20.5 Å². The van der Waals surface area contributed by atoms with Gasteiger partial charge in [0.05, 0.1) is 38.6 Å². The van der Waals surface area contributed by atoms with Crippen LogP contribution in [0.25, 0.3) is 22.2 Å². The Morgan fingerprint density at radius 2 is 1.86 bits per heavy atom. The van der Waals surface area contributed by atoms with Crippen LogP contribution in [0.15, 0.2) is 66.7 Å². The number of carbonyl (C=O) groups excluding carboxylic acids is 4. The minimum atomic E-state index is -1.21. The molecule has 2 N–H and O–H groups in total. The molecule has 3 aliphatic rings. The molecule has 2 aromatic carbocycles. The van der Waals surface area contributed by atoms with Crippen molar-refractivity contribution in [3.8, 4) is 22.8 Å². The molecule has 3 heterocycles. The molecule has 2 aliphatic heterocycles. The van der Waals surface area contributed by atoms with Crippen LogP contribution in [0.2, 0.25) is 0 Å².